The molecule has 4 rings (SSSR count). The molecule has 2 heterocycles. The molecular formula is C21H16N6O4. The van der Waals surface area contributed by atoms with E-state index in [2.05, 4.69) is 20.4 Å². The SMILES string of the molecule is Cc1nc(Oc2ccc(NC(=O)c3ccccc3[N+](=O)[O-])cc2)cc(-n2cccn2)n1. The van der Waals surface area contributed by atoms with Gasteiger partial charge >= 0.3 is 0 Å². The van der Waals surface area contributed by atoms with Crippen LogP contribution < -0.4 is 10.1 Å². The highest BCUT2D eigenvalue weighted by atomic mass is 16.6. The zero-order valence-electron chi connectivity index (χ0n) is 16.3. The number of hydrogen-bond acceptors (Lipinski definition) is 7. The average molecular weight is 416 g/mol. The third-order valence-corrected chi connectivity index (χ3v) is 4.22. The van der Waals surface area contributed by atoms with Gasteiger partial charge in [0.2, 0.25) is 5.88 Å². The number of nitro benzene ring substituents is 1. The van der Waals surface area contributed by atoms with Crippen LogP contribution in [0.25, 0.3) is 5.82 Å². The van der Waals surface area contributed by atoms with Crippen molar-refractivity contribution in [1.82, 2.24) is 19.7 Å². The van der Waals surface area contributed by atoms with Crippen LogP contribution in [0.4, 0.5) is 11.4 Å². The van der Waals surface area contributed by atoms with Crippen molar-refractivity contribution in [2.75, 3.05) is 5.32 Å². The van der Waals surface area contributed by atoms with Crippen LogP contribution in [0.3, 0.4) is 0 Å². The summed E-state index contributed by atoms with van der Waals surface area (Å²) in [6, 6.07) is 15.8. The van der Waals surface area contributed by atoms with Crippen LogP contribution in [-0.2, 0) is 0 Å². The minimum absolute atomic E-state index is 0.0181. The number of hydrogen-bond donors (Lipinski definition) is 1. The van der Waals surface area contributed by atoms with E-state index in [9.17, 15) is 14.9 Å². The van der Waals surface area contributed by atoms with Crippen LogP contribution in [0.5, 0.6) is 11.6 Å². The summed E-state index contributed by atoms with van der Waals surface area (Å²) in [5, 5.41) is 17.9. The van der Waals surface area contributed by atoms with Gasteiger partial charge in [-0.3, -0.25) is 14.9 Å². The molecule has 31 heavy (non-hydrogen) atoms. The molecule has 0 bridgehead atoms. The fraction of sp³-hybridized carbons (Fsp3) is 0.0476. The molecule has 0 atom stereocenters. The maximum atomic E-state index is 12.4. The summed E-state index contributed by atoms with van der Waals surface area (Å²) in [5.41, 5.74) is 0.189. The van der Waals surface area contributed by atoms with Crippen molar-refractivity contribution in [2.24, 2.45) is 0 Å². The topological polar surface area (TPSA) is 125 Å². The normalized spacial score (nSPS) is 10.5. The number of nitrogens with one attached hydrogen (secondary N) is 1. The van der Waals surface area contributed by atoms with Crippen LogP contribution in [0.2, 0.25) is 0 Å². The van der Waals surface area contributed by atoms with Crippen LogP contribution in [0.15, 0.2) is 73.1 Å². The van der Waals surface area contributed by atoms with E-state index in [1.807, 2.05) is 0 Å². The Hall–Kier alpha value is -4.60. The molecular weight excluding hydrogens is 400 g/mol. The van der Waals surface area contributed by atoms with Crippen molar-refractivity contribution in [1.29, 1.82) is 0 Å². The molecule has 154 valence electrons. The molecule has 0 aliphatic heterocycles. The number of ether oxygens (including phenoxy) is 1. The quantitative estimate of drug-likeness (QED) is 0.373. The molecule has 10 nitrogen and oxygen atoms in total. The van der Waals surface area contributed by atoms with Crippen molar-refractivity contribution in [3.8, 4) is 17.4 Å². The molecule has 2 aromatic heterocycles. The van der Waals surface area contributed by atoms with Gasteiger partial charge in [0, 0.05) is 30.2 Å². The predicted octanol–water partition coefficient (Wildman–Crippen LogP) is 3.92. The lowest BCUT2D eigenvalue weighted by Gasteiger charge is -2.09. The Kier molecular flexibility index (Phi) is 5.35. The molecule has 0 saturated carbocycles. The Labute approximate surface area is 176 Å². The number of carbonyl (C=O) groups excluding carboxylic acids is 1. The van der Waals surface area contributed by atoms with E-state index in [-0.39, 0.29) is 11.3 Å². The maximum absolute atomic E-state index is 12.4. The minimum atomic E-state index is -0.590. The second-order valence-electron chi connectivity index (χ2n) is 6.42. The molecule has 4 aromatic rings. The van der Waals surface area contributed by atoms with Crippen molar-refractivity contribution in [3.05, 3.63) is 94.6 Å². The lowest BCUT2D eigenvalue weighted by atomic mass is 10.1. The van der Waals surface area contributed by atoms with Crippen LogP contribution >= 0.6 is 0 Å². The highest BCUT2D eigenvalue weighted by molar-refractivity contribution is 6.07. The van der Waals surface area contributed by atoms with Gasteiger partial charge in [0.15, 0.2) is 5.82 Å². The fourth-order valence-corrected chi connectivity index (χ4v) is 2.85. The van der Waals surface area contributed by atoms with Crippen molar-refractivity contribution in [3.63, 3.8) is 0 Å². The predicted molar refractivity (Wildman–Crippen MR) is 111 cm³/mol. The molecule has 0 unspecified atom stereocenters. The lowest BCUT2D eigenvalue weighted by Crippen LogP contribution is -2.13. The number of nitro groups is 1. The highest BCUT2D eigenvalue weighted by Gasteiger charge is 2.19. The summed E-state index contributed by atoms with van der Waals surface area (Å²) in [7, 11) is 0. The number of rotatable bonds is 6. The molecule has 0 aliphatic carbocycles. The van der Waals surface area contributed by atoms with Crippen LogP contribution in [-0.4, -0.2) is 30.6 Å². The summed E-state index contributed by atoms with van der Waals surface area (Å²) < 4.78 is 7.40. The third-order valence-electron chi connectivity index (χ3n) is 4.22. The molecule has 0 radical (unpaired) electrons. The number of anilines is 1. The van der Waals surface area contributed by atoms with Crippen molar-refractivity contribution in [2.45, 2.75) is 6.92 Å². The minimum Gasteiger partial charge on any atom is -0.439 e. The summed E-state index contributed by atoms with van der Waals surface area (Å²) in [4.78, 5) is 31.5. The lowest BCUT2D eigenvalue weighted by molar-refractivity contribution is -0.385. The van der Waals surface area contributed by atoms with Gasteiger partial charge in [-0.1, -0.05) is 12.1 Å². The van der Waals surface area contributed by atoms with Gasteiger partial charge in [-0.2, -0.15) is 10.1 Å². The summed E-state index contributed by atoms with van der Waals surface area (Å²) in [5.74, 6) is 1.36. The molecule has 0 aliphatic rings. The first kappa shape index (κ1) is 19.7. The average Bonchev–Trinajstić information content (AvgIpc) is 3.30. The summed E-state index contributed by atoms with van der Waals surface area (Å²) in [6.45, 7) is 1.75. The molecule has 0 spiro atoms. The third kappa shape index (κ3) is 4.53. The number of nitrogens with zero attached hydrogens (tertiary/aromatic N) is 5. The standard InChI is InChI=1S/C21H16N6O4/c1-14-23-19(26-12-4-11-22-26)13-20(24-14)31-16-9-7-15(8-10-16)25-21(28)17-5-2-3-6-18(17)27(29)30/h2-13H,1H3,(H,25,28). The molecule has 0 saturated heterocycles. The van der Waals surface area contributed by atoms with E-state index in [0.29, 0.717) is 29.0 Å². The monoisotopic (exact) mass is 416 g/mol. The second kappa shape index (κ2) is 8.41. The van der Waals surface area contributed by atoms with Gasteiger partial charge in [-0.05, 0) is 43.3 Å². The van der Waals surface area contributed by atoms with E-state index >= 15 is 0 Å². The molecule has 10 heteroatoms. The molecule has 2 aromatic carbocycles. The van der Waals surface area contributed by atoms with E-state index in [1.165, 1.54) is 18.2 Å². The van der Waals surface area contributed by atoms with E-state index in [4.69, 9.17) is 4.74 Å². The summed E-state index contributed by atoms with van der Waals surface area (Å²) >= 11 is 0. The zero-order chi connectivity index (χ0) is 21.8. The number of aromatic nitrogens is 4. The van der Waals surface area contributed by atoms with Gasteiger partial charge in [-0.15, -0.1) is 0 Å². The Morgan fingerprint density at radius 3 is 2.58 bits per heavy atom. The van der Waals surface area contributed by atoms with Gasteiger partial charge in [-0.25, -0.2) is 9.67 Å². The summed E-state index contributed by atoms with van der Waals surface area (Å²) in [6.07, 6.45) is 3.41. The zero-order valence-corrected chi connectivity index (χ0v) is 16.3. The fourth-order valence-electron chi connectivity index (χ4n) is 2.85. The van der Waals surface area contributed by atoms with Crippen LogP contribution in [0, 0.1) is 17.0 Å². The van der Waals surface area contributed by atoms with E-state index < -0.39 is 10.8 Å². The van der Waals surface area contributed by atoms with Gasteiger partial charge in [0.05, 0.1) is 4.92 Å². The largest absolute Gasteiger partial charge is 0.439 e. The molecule has 0 fully saturated rings. The maximum Gasteiger partial charge on any atom is 0.282 e. The number of carbonyl (C=O) groups is 1. The van der Waals surface area contributed by atoms with Gasteiger partial charge < -0.3 is 10.1 Å². The second-order valence-corrected chi connectivity index (χ2v) is 6.42. The Balaban J connectivity index is 1.48. The Morgan fingerprint density at radius 1 is 1.10 bits per heavy atom. The number of para-hydroxylation sites is 1. The first-order valence-electron chi connectivity index (χ1n) is 9.18. The number of aryl methyl sites for hydroxylation is 1. The van der Waals surface area contributed by atoms with Crippen molar-refractivity contribution < 1.29 is 14.5 Å². The van der Waals surface area contributed by atoms with E-state index in [1.54, 1.807) is 66.5 Å². The first-order chi connectivity index (χ1) is 15.0. The smallest absolute Gasteiger partial charge is 0.282 e. The Bertz CT molecular complexity index is 1240. The number of amides is 1. The van der Waals surface area contributed by atoms with Crippen molar-refractivity contribution >= 4 is 17.3 Å². The van der Waals surface area contributed by atoms with Gasteiger partial charge in [0.25, 0.3) is 11.6 Å². The van der Waals surface area contributed by atoms with Crippen LogP contribution in [0.1, 0.15) is 16.2 Å². The molecule has 1 N–H and O–H groups in total. The first-order valence-corrected chi connectivity index (χ1v) is 9.18. The highest BCUT2D eigenvalue weighted by Crippen LogP contribution is 2.24. The number of benzene rings is 2. The Morgan fingerprint density at radius 2 is 1.87 bits per heavy atom. The van der Waals surface area contributed by atoms with E-state index in [0.717, 1.165) is 0 Å². The van der Waals surface area contributed by atoms with Gasteiger partial charge in [0.1, 0.15) is 17.1 Å². The molecule has 1 amide bonds.